The fraction of sp³-hybridized carbons (Fsp3) is 0.176. The second-order valence-corrected chi connectivity index (χ2v) is 4.79. The number of carbonyl (C=O) groups is 1. The summed E-state index contributed by atoms with van der Waals surface area (Å²) in [7, 11) is 4.52. The number of rotatable bonds is 6. The van der Waals surface area contributed by atoms with E-state index >= 15 is 0 Å². The molecule has 2 N–H and O–H groups in total. The van der Waals surface area contributed by atoms with Crippen LogP contribution in [0.25, 0.3) is 0 Å². The monoisotopic (exact) mass is 347 g/mol. The smallest absolute Gasteiger partial charge is 0.339 e. The van der Waals surface area contributed by atoms with Crippen molar-refractivity contribution in [3.63, 3.8) is 0 Å². The lowest BCUT2D eigenvalue weighted by atomic mass is 10.2. The summed E-state index contributed by atoms with van der Waals surface area (Å²) in [5, 5.41) is 6.37. The number of urea groups is 1. The Balaban J connectivity index is 2.03. The van der Waals surface area contributed by atoms with Crippen molar-refractivity contribution in [2.75, 3.05) is 26.6 Å². The number of anilines is 1. The number of amides is 2. The number of nitrogens with one attached hydrogen (secondary N) is 2. The number of carbonyl (C=O) groups excluding carboxylic acids is 1. The van der Waals surface area contributed by atoms with Crippen LogP contribution in [-0.4, -0.2) is 33.6 Å². The standard InChI is InChI=1S/C17H18FN3O4/c1-23-14-8-11(9-15(24-2)16(14)25-3)10-19-21-17(22)20-13-6-4-12(18)5-7-13/h4-10H,1-3H3,(H2,20,21,22)/b19-10+. The van der Waals surface area contributed by atoms with Gasteiger partial charge >= 0.3 is 6.03 Å². The molecule has 0 unspecified atom stereocenters. The van der Waals surface area contributed by atoms with E-state index in [-0.39, 0.29) is 5.82 Å². The zero-order valence-electron chi connectivity index (χ0n) is 14.0. The van der Waals surface area contributed by atoms with Gasteiger partial charge in [-0.05, 0) is 36.4 Å². The predicted molar refractivity (Wildman–Crippen MR) is 92.2 cm³/mol. The first-order valence-electron chi connectivity index (χ1n) is 7.23. The Morgan fingerprint density at radius 2 is 1.64 bits per heavy atom. The molecule has 0 aliphatic carbocycles. The molecule has 2 aromatic carbocycles. The first kappa shape index (κ1) is 18.1. The van der Waals surface area contributed by atoms with Crippen molar-refractivity contribution in [2.45, 2.75) is 0 Å². The van der Waals surface area contributed by atoms with Crippen molar-refractivity contribution in [1.82, 2.24) is 5.43 Å². The third-order valence-corrected chi connectivity index (χ3v) is 3.17. The van der Waals surface area contributed by atoms with Crippen LogP contribution in [0, 0.1) is 5.82 Å². The first-order chi connectivity index (χ1) is 12.1. The molecular formula is C17H18FN3O4. The van der Waals surface area contributed by atoms with E-state index in [0.29, 0.717) is 28.5 Å². The summed E-state index contributed by atoms with van der Waals surface area (Å²) >= 11 is 0. The Labute approximate surface area is 144 Å². The SMILES string of the molecule is COc1cc(/C=N/NC(=O)Nc2ccc(F)cc2)cc(OC)c1OC. The molecule has 0 atom stereocenters. The van der Waals surface area contributed by atoms with Crippen molar-refractivity contribution >= 4 is 17.9 Å². The topological polar surface area (TPSA) is 81.2 Å². The molecule has 7 nitrogen and oxygen atoms in total. The zero-order valence-corrected chi connectivity index (χ0v) is 14.0. The molecule has 0 aliphatic heterocycles. The molecule has 0 saturated carbocycles. The molecule has 2 aromatic rings. The highest BCUT2D eigenvalue weighted by Gasteiger charge is 2.12. The normalized spacial score (nSPS) is 10.4. The van der Waals surface area contributed by atoms with Gasteiger partial charge in [0, 0.05) is 11.3 Å². The van der Waals surface area contributed by atoms with Crippen molar-refractivity contribution in [3.05, 3.63) is 47.8 Å². The lowest BCUT2D eigenvalue weighted by Gasteiger charge is -2.12. The van der Waals surface area contributed by atoms with Crippen molar-refractivity contribution in [3.8, 4) is 17.2 Å². The third-order valence-electron chi connectivity index (χ3n) is 3.17. The Hall–Kier alpha value is -3.29. The molecule has 2 amide bonds. The molecular weight excluding hydrogens is 329 g/mol. The Kier molecular flexibility index (Phi) is 6.16. The number of nitrogens with zero attached hydrogens (tertiary/aromatic N) is 1. The quantitative estimate of drug-likeness (QED) is 0.622. The summed E-state index contributed by atoms with van der Waals surface area (Å²) in [5.74, 6) is 1.02. The van der Waals surface area contributed by atoms with E-state index < -0.39 is 6.03 Å². The zero-order chi connectivity index (χ0) is 18.2. The van der Waals surface area contributed by atoms with Gasteiger partial charge in [-0.3, -0.25) is 0 Å². The summed E-state index contributed by atoms with van der Waals surface area (Å²) in [6.45, 7) is 0. The summed E-state index contributed by atoms with van der Waals surface area (Å²) < 4.78 is 28.5. The van der Waals surface area contributed by atoms with Crippen LogP contribution in [0.4, 0.5) is 14.9 Å². The minimum absolute atomic E-state index is 0.383. The van der Waals surface area contributed by atoms with Gasteiger partial charge in [0.15, 0.2) is 11.5 Å². The van der Waals surface area contributed by atoms with Gasteiger partial charge in [0.2, 0.25) is 5.75 Å². The molecule has 0 aliphatic rings. The molecule has 2 rings (SSSR count). The van der Waals surface area contributed by atoms with Gasteiger partial charge in [0.05, 0.1) is 27.5 Å². The average Bonchev–Trinajstić information content (AvgIpc) is 2.62. The van der Waals surface area contributed by atoms with Crippen LogP contribution in [0.5, 0.6) is 17.2 Å². The number of benzene rings is 2. The molecule has 0 aromatic heterocycles. The Bertz CT molecular complexity index is 738. The van der Waals surface area contributed by atoms with Crippen molar-refractivity contribution in [2.24, 2.45) is 5.10 Å². The van der Waals surface area contributed by atoms with Crippen LogP contribution >= 0.6 is 0 Å². The molecule has 0 heterocycles. The van der Waals surface area contributed by atoms with Crippen LogP contribution in [0.15, 0.2) is 41.5 Å². The number of halogens is 1. The highest BCUT2D eigenvalue weighted by atomic mass is 19.1. The average molecular weight is 347 g/mol. The van der Waals surface area contributed by atoms with Gasteiger partial charge in [-0.1, -0.05) is 0 Å². The van der Waals surface area contributed by atoms with Crippen molar-refractivity contribution in [1.29, 1.82) is 0 Å². The maximum absolute atomic E-state index is 12.8. The first-order valence-corrected chi connectivity index (χ1v) is 7.23. The van der Waals surface area contributed by atoms with E-state index in [1.54, 1.807) is 12.1 Å². The Morgan fingerprint density at radius 3 is 2.16 bits per heavy atom. The third kappa shape index (κ3) is 4.84. The highest BCUT2D eigenvalue weighted by molar-refractivity contribution is 5.90. The second-order valence-electron chi connectivity index (χ2n) is 4.79. The van der Waals surface area contributed by atoms with Crippen molar-refractivity contribution < 1.29 is 23.4 Å². The molecule has 132 valence electrons. The second kappa shape index (κ2) is 8.53. The summed E-state index contributed by atoms with van der Waals surface area (Å²) in [6, 6.07) is 8.18. The predicted octanol–water partition coefficient (Wildman–Crippen LogP) is 3.01. The lowest BCUT2D eigenvalue weighted by molar-refractivity contribution is 0.252. The van der Waals surface area contributed by atoms with Crippen LogP contribution in [0.1, 0.15) is 5.56 Å². The maximum atomic E-state index is 12.8. The van der Waals surface area contributed by atoms with E-state index in [1.807, 2.05) is 0 Å². The lowest BCUT2D eigenvalue weighted by Crippen LogP contribution is -2.24. The maximum Gasteiger partial charge on any atom is 0.339 e. The van der Waals surface area contributed by atoms with Crippen LogP contribution in [0.3, 0.4) is 0 Å². The highest BCUT2D eigenvalue weighted by Crippen LogP contribution is 2.37. The number of ether oxygens (including phenoxy) is 3. The van der Waals surface area contributed by atoms with Gasteiger partial charge in [0.1, 0.15) is 5.82 Å². The molecule has 25 heavy (non-hydrogen) atoms. The summed E-state index contributed by atoms with van der Waals surface area (Å²) in [4.78, 5) is 11.7. The number of hydrazone groups is 1. The van der Waals surface area contributed by atoms with Gasteiger partial charge in [-0.15, -0.1) is 0 Å². The fourth-order valence-corrected chi connectivity index (χ4v) is 2.03. The Morgan fingerprint density at radius 1 is 1.04 bits per heavy atom. The summed E-state index contributed by atoms with van der Waals surface area (Å²) in [5.41, 5.74) is 3.39. The molecule has 8 heteroatoms. The number of hydrogen-bond donors (Lipinski definition) is 2. The van der Waals surface area contributed by atoms with Crippen LogP contribution in [-0.2, 0) is 0 Å². The fourth-order valence-electron chi connectivity index (χ4n) is 2.03. The number of hydrogen-bond acceptors (Lipinski definition) is 5. The summed E-state index contributed by atoms with van der Waals surface area (Å²) in [6.07, 6.45) is 1.43. The molecule has 0 radical (unpaired) electrons. The van der Waals surface area contributed by atoms with Gasteiger partial charge < -0.3 is 19.5 Å². The van der Waals surface area contributed by atoms with Gasteiger partial charge in [0.25, 0.3) is 0 Å². The minimum atomic E-state index is -0.560. The van der Waals surface area contributed by atoms with Gasteiger partial charge in [-0.2, -0.15) is 5.10 Å². The largest absolute Gasteiger partial charge is 0.493 e. The van der Waals surface area contributed by atoms with E-state index in [9.17, 15) is 9.18 Å². The molecule has 0 fully saturated rings. The molecule has 0 spiro atoms. The van der Waals surface area contributed by atoms with E-state index in [4.69, 9.17) is 14.2 Å². The van der Waals surface area contributed by atoms with E-state index in [0.717, 1.165) is 0 Å². The van der Waals surface area contributed by atoms with E-state index in [1.165, 1.54) is 51.8 Å². The minimum Gasteiger partial charge on any atom is -0.493 e. The van der Waals surface area contributed by atoms with Gasteiger partial charge in [-0.25, -0.2) is 14.6 Å². The molecule has 0 bridgehead atoms. The number of methoxy groups -OCH3 is 3. The van der Waals surface area contributed by atoms with Crippen LogP contribution < -0.4 is 25.0 Å². The van der Waals surface area contributed by atoms with E-state index in [2.05, 4.69) is 15.8 Å². The molecule has 0 saturated heterocycles. The van der Waals surface area contributed by atoms with Crippen LogP contribution in [0.2, 0.25) is 0 Å².